The molecule has 1 heterocycles. The first-order chi connectivity index (χ1) is 12.2. The summed E-state index contributed by atoms with van der Waals surface area (Å²) in [5.41, 5.74) is 0.475. The highest BCUT2D eigenvalue weighted by Crippen LogP contribution is 2.53. The average Bonchev–Trinajstić information content (AvgIpc) is 2.84. The Morgan fingerprint density at radius 1 is 1.35 bits per heavy atom. The maximum Gasteiger partial charge on any atom is 0.417 e. The minimum Gasteiger partial charge on any atom is -0.476 e. The molecule has 5 heteroatoms. The normalized spacial score (nSPS) is 40.7. The Bertz CT molecular complexity index is 736. The summed E-state index contributed by atoms with van der Waals surface area (Å²) in [7, 11) is 1.58. The lowest BCUT2D eigenvalue weighted by atomic mass is 9.65. The topological polar surface area (TPSA) is 66.6 Å². The van der Waals surface area contributed by atoms with Crippen LogP contribution in [0.5, 0.6) is 0 Å². The molecule has 5 atom stereocenters. The minimum absolute atomic E-state index is 0.0292. The first kappa shape index (κ1) is 17.9. The number of aliphatic carboxylic acids is 1. The molecule has 0 radical (unpaired) electrons. The number of fused-ring (bicyclic) bond motifs is 2. The lowest BCUT2D eigenvalue weighted by Crippen LogP contribution is -2.51. The summed E-state index contributed by atoms with van der Waals surface area (Å²) < 4.78 is 6.88. The Labute approximate surface area is 155 Å². The summed E-state index contributed by atoms with van der Waals surface area (Å²) in [6, 6.07) is 0. The highest BCUT2D eigenvalue weighted by molar-refractivity contribution is 6.24. The van der Waals surface area contributed by atoms with Gasteiger partial charge in [0.2, 0.25) is 0 Å². The smallest absolute Gasteiger partial charge is 0.417 e. The standard InChI is InChI=1S/C21H29NO4/c1-12(2)8-20(3)9-13-6-5-7-14(13)15(10-20)18(23)22-17-16(26-4)11-21(17,22)19(24)25/h10,12-14,16H,5-9,11H2,1-4H3/p+1. The molecule has 0 spiro atoms. The number of ether oxygens (including phenoxy) is 1. The second-order valence-electron chi connectivity index (χ2n) is 9.47. The van der Waals surface area contributed by atoms with E-state index >= 15 is 0 Å². The number of carbonyl (C=O) groups excluding carboxylic acids is 1. The van der Waals surface area contributed by atoms with Crippen LogP contribution in [0.3, 0.4) is 0 Å². The highest BCUT2D eigenvalue weighted by atomic mass is 16.5. The molecule has 0 aromatic carbocycles. The Hall–Kier alpha value is -1.49. The van der Waals surface area contributed by atoms with Gasteiger partial charge in [-0.15, -0.1) is 4.58 Å². The van der Waals surface area contributed by atoms with Crippen LogP contribution in [0.2, 0.25) is 0 Å². The maximum absolute atomic E-state index is 13.4. The van der Waals surface area contributed by atoms with Crippen molar-refractivity contribution in [2.75, 3.05) is 7.11 Å². The third kappa shape index (κ3) is 2.35. The zero-order chi connectivity index (χ0) is 18.9. The van der Waals surface area contributed by atoms with E-state index in [0.29, 0.717) is 29.9 Å². The van der Waals surface area contributed by atoms with Crippen LogP contribution in [0.1, 0.15) is 59.3 Å². The van der Waals surface area contributed by atoms with Crippen LogP contribution in [0.25, 0.3) is 0 Å². The van der Waals surface area contributed by atoms with Crippen LogP contribution in [0, 0.1) is 23.2 Å². The monoisotopic (exact) mass is 360 g/mol. The maximum atomic E-state index is 13.4. The molecule has 1 amide bonds. The summed E-state index contributed by atoms with van der Waals surface area (Å²) in [5, 5.41) is 9.68. The summed E-state index contributed by atoms with van der Waals surface area (Å²) in [6.45, 7) is 6.72. The molecular formula is C21H30NO4+. The molecule has 3 aliphatic carbocycles. The Balaban J connectivity index is 1.69. The number of allylic oxidation sites excluding steroid dienone is 1. The quantitative estimate of drug-likeness (QED) is 0.766. The van der Waals surface area contributed by atoms with Gasteiger partial charge >= 0.3 is 17.4 Å². The van der Waals surface area contributed by atoms with Gasteiger partial charge in [-0.05, 0) is 48.9 Å². The lowest BCUT2D eigenvalue weighted by molar-refractivity contribution is -0.415. The summed E-state index contributed by atoms with van der Waals surface area (Å²) in [6.07, 6.45) is 7.98. The zero-order valence-corrected chi connectivity index (χ0v) is 16.2. The molecule has 1 N–H and O–H groups in total. The number of amides is 1. The molecule has 5 nitrogen and oxygen atoms in total. The molecule has 142 valence electrons. The van der Waals surface area contributed by atoms with Crippen molar-refractivity contribution in [3.63, 3.8) is 0 Å². The molecule has 5 unspecified atom stereocenters. The van der Waals surface area contributed by atoms with Gasteiger partial charge in [0.15, 0.2) is 6.10 Å². The number of methoxy groups -OCH3 is 1. The van der Waals surface area contributed by atoms with Crippen LogP contribution in [-0.4, -0.2) is 46.0 Å². The van der Waals surface area contributed by atoms with Crippen molar-refractivity contribution in [1.82, 2.24) is 0 Å². The molecule has 0 aromatic rings. The van der Waals surface area contributed by atoms with Crippen LogP contribution in [0.4, 0.5) is 0 Å². The summed E-state index contributed by atoms with van der Waals surface area (Å²) >= 11 is 0. The van der Waals surface area contributed by atoms with Crippen LogP contribution in [-0.2, 0) is 14.3 Å². The number of carboxylic acids is 1. The fourth-order valence-corrected chi connectivity index (χ4v) is 6.17. The fraction of sp³-hybridized carbons (Fsp3) is 0.762. The Morgan fingerprint density at radius 2 is 2.08 bits per heavy atom. The molecule has 26 heavy (non-hydrogen) atoms. The van der Waals surface area contributed by atoms with Crippen LogP contribution >= 0.6 is 0 Å². The Kier molecular flexibility index (Phi) is 3.96. The van der Waals surface area contributed by atoms with Crippen LogP contribution < -0.4 is 0 Å². The van der Waals surface area contributed by atoms with Crippen molar-refractivity contribution in [3.8, 4) is 0 Å². The van der Waals surface area contributed by atoms with E-state index in [1.54, 1.807) is 7.11 Å². The van der Waals surface area contributed by atoms with Crippen molar-refractivity contribution in [2.24, 2.45) is 23.2 Å². The molecule has 4 rings (SSSR count). The number of rotatable bonds is 5. The van der Waals surface area contributed by atoms with Crippen molar-refractivity contribution >= 4 is 17.6 Å². The van der Waals surface area contributed by atoms with Gasteiger partial charge in [-0.3, -0.25) is 0 Å². The van der Waals surface area contributed by atoms with Gasteiger partial charge in [-0.1, -0.05) is 33.3 Å². The first-order valence-corrected chi connectivity index (χ1v) is 9.94. The van der Waals surface area contributed by atoms with E-state index in [0.717, 1.165) is 24.8 Å². The molecule has 0 saturated heterocycles. The van der Waals surface area contributed by atoms with Gasteiger partial charge < -0.3 is 9.84 Å². The average molecular weight is 360 g/mol. The third-order valence-electron chi connectivity index (χ3n) is 7.04. The van der Waals surface area contributed by atoms with Gasteiger partial charge in [-0.2, -0.15) is 0 Å². The molecule has 0 aromatic heterocycles. The van der Waals surface area contributed by atoms with E-state index in [2.05, 4.69) is 26.8 Å². The number of nitrogens with zero attached hydrogens (tertiary/aromatic N) is 1. The van der Waals surface area contributed by atoms with Gasteiger partial charge in [0, 0.05) is 7.11 Å². The summed E-state index contributed by atoms with van der Waals surface area (Å²) in [4.78, 5) is 25.2. The van der Waals surface area contributed by atoms with E-state index in [-0.39, 0.29) is 17.4 Å². The van der Waals surface area contributed by atoms with Gasteiger partial charge in [-0.25, -0.2) is 9.59 Å². The predicted molar refractivity (Wildman–Crippen MR) is 97.1 cm³/mol. The second-order valence-corrected chi connectivity index (χ2v) is 9.47. The van der Waals surface area contributed by atoms with Crippen molar-refractivity contribution < 1.29 is 24.0 Å². The zero-order valence-electron chi connectivity index (χ0n) is 16.2. The summed E-state index contributed by atoms with van der Waals surface area (Å²) in [5.74, 6) is 0.437. The van der Waals surface area contributed by atoms with Gasteiger partial charge in [0.1, 0.15) is 0 Å². The minimum atomic E-state index is -1.08. The number of carboxylic acid groups (broad SMARTS) is 1. The molecular weight excluding hydrogens is 330 g/mol. The van der Waals surface area contributed by atoms with E-state index in [1.165, 1.54) is 17.4 Å². The van der Waals surface area contributed by atoms with E-state index in [1.807, 2.05) is 0 Å². The van der Waals surface area contributed by atoms with Crippen molar-refractivity contribution in [1.29, 1.82) is 0 Å². The van der Waals surface area contributed by atoms with Gasteiger partial charge in [0.25, 0.3) is 5.71 Å². The van der Waals surface area contributed by atoms with E-state index in [4.69, 9.17) is 4.74 Å². The SMILES string of the molecule is COC1CC2(C(=O)O)C1=[N+]2C(=O)C1=CC(C)(CC(C)C)CC2CCCC12. The number of hydrogen-bond donors (Lipinski definition) is 1. The largest absolute Gasteiger partial charge is 0.476 e. The predicted octanol–water partition coefficient (Wildman–Crippen LogP) is 3.02. The highest BCUT2D eigenvalue weighted by Gasteiger charge is 2.86. The molecule has 4 aliphatic rings. The molecule has 2 fully saturated rings. The molecule has 2 saturated carbocycles. The van der Waals surface area contributed by atoms with Crippen LogP contribution in [0.15, 0.2) is 11.6 Å². The number of hydrogen-bond acceptors (Lipinski definition) is 3. The molecule has 1 aliphatic heterocycles. The van der Waals surface area contributed by atoms with E-state index in [9.17, 15) is 14.7 Å². The Morgan fingerprint density at radius 3 is 2.69 bits per heavy atom. The van der Waals surface area contributed by atoms with Crippen molar-refractivity contribution in [3.05, 3.63) is 11.6 Å². The first-order valence-electron chi connectivity index (χ1n) is 9.94. The second kappa shape index (κ2) is 5.75. The van der Waals surface area contributed by atoms with E-state index < -0.39 is 11.5 Å². The van der Waals surface area contributed by atoms with Crippen molar-refractivity contribution in [2.45, 2.75) is 70.9 Å². The molecule has 0 bridgehead atoms. The third-order valence-corrected chi connectivity index (χ3v) is 7.04. The van der Waals surface area contributed by atoms with Gasteiger partial charge in [0.05, 0.1) is 12.0 Å². The number of carbonyl (C=O) groups is 2. The fourth-order valence-electron chi connectivity index (χ4n) is 6.17. The lowest BCUT2D eigenvalue weighted by Gasteiger charge is -2.38.